The third-order valence-corrected chi connectivity index (χ3v) is 6.08. The van der Waals surface area contributed by atoms with Crippen LogP contribution < -0.4 is 10.1 Å². The number of halogens is 3. The zero-order valence-corrected chi connectivity index (χ0v) is 17.2. The molecular formula is C24H23ClF2N2O. The molecule has 0 bridgehead atoms. The summed E-state index contributed by atoms with van der Waals surface area (Å²) >= 11 is 5.89. The van der Waals surface area contributed by atoms with Gasteiger partial charge in [0.2, 0.25) is 5.88 Å². The molecule has 1 saturated heterocycles. The number of hydrogen-bond donors (Lipinski definition) is 1. The van der Waals surface area contributed by atoms with Gasteiger partial charge in [-0.05, 0) is 47.6 Å². The van der Waals surface area contributed by atoms with Crippen molar-refractivity contribution in [2.24, 2.45) is 5.41 Å². The maximum atomic E-state index is 14.0. The fraction of sp³-hybridized carbons (Fsp3) is 0.292. The van der Waals surface area contributed by atoms with Crippen molar-refractivity contribution in [1.29, 1.82) is 0 Å². The van der Waals surface area contributed by atoms with E-state index >= 15 is 0 Å². The van der Waals surface area contributed by atoms with Crippen molar-refractivity contribution < 1.29 is 13.5 Å². The average Bonchev–Trinajstić information content (AvgIpc) is 3.15. The molecule has 0 amide bonds. The number of ether oxygens (including phenoxy) is 1. The summed E-state index contributed by atoms with van der Waals surface area (Å²) in [5.41, 5.74) is 1.82. The van der Waals surface area contributed by atoms with Gasteiger partial charge >= 0.3 is 0 Å². The Morgan fingerprint density at radius 3 is 2.63 bits per heavy atom. The van der Waals surface area contributed by atoms with E-state index in [-0.39, 0.29) is 11.3 Å². The maximum Gasteiger partial charge on any atom is 0.213 e. The highest BCUT2D eigenvalue weighted by atomic mass is 35.5. The molecule has 4 rings (SSSR count). The molecule has 6 heteroatoms. The normalized spacial score (nSPS) is 21.0. The van der Waals surface area contributed by atoms with E-state index in [1.54, 1.807) is 24.4 Å². The van der Waals surface area contributed by atoms with Gasteiger partial charge in [0.1, 0.15) is 0 Å². The number of aromatic nitrogens is 1. The molecule has 1 fully saturated rings. The second-order valence-electron chi connectivity index (χ2n) is 7.79. The first-order valence-corrected chi connectivity index (χ1v) is 10.4. The standard InChI is InChI=1S/C24H23ClF2N2O/c25-19-7-9-23(29-14-19)30-11-10-24(13-17-4-2-1-3-5-17)16-28-15-20(24)18-6-8-21(26)22(27)12-18/h1-9,12,14,20,28H,10-11,13,15-16H2/t20-,24+/m0/s1. The lowest BCUT2D eigenvalue weighted by atomic mass is 9.68. The summed E-state index contributed by atoms with van der Waals surface area (Å²) < 4.78 is 33.4. The van der Waals surface area contributed by atoms with Crippen LogP contribution in [0.4, 0.5) is 8.78 Å². The minimum Gasteiger partial charge on any atom is -0.478 e. The molecule has 3 aromatic rings. The SMILES string of the molecule is Fc1ccc([C@@H]2CNC[C@@]2(CCOc2ccc(Cl)cn2)Cc2ccccc2)cc1F. The second-order valence-corrected chi connectivity index (χ2v) is 8.23. The summed E-state index contributed by atoms with van der Waals surface area (Å²) in [7, 11) is 0. The molecule has 1 N–H and O–H groups in total. The van der Waals surface area contributed by atoms with Gasteiger partial charge in [0, 0.05) is 31.3 Å². The number of nitrogens with zero attached hydrogens (tertiary/aromatic N) is 1. The lowest BCUT2D eigenvalue weighted by Gasteiger charge is -2.35. The Hall–Kier alpha value is -2.50. The van der Waals surface area contributed by atoms with Gasteiger partial charge in [-0.3, -0.25) is 0 Å². The van der Waals surface area contributed by atoms with E-state index in [0.29, 0.717) is 24.1 Å². The highest BCUT2D eigenvalue weighted by Gasteiger charge is 2.43. The molecular weight excluding hydrogens is 406 g/mol. The van der Waals surface area contributed by atoms with Crippen molar-refractivity contribution in [2.45, 2.75) is 18.8 Å². The zero-order chi connectivity index (χ0) is 21.0. The van der Waals surface area contributed by atoms with Gasteiger partial charge in [0.05, 0.1) is 11.6 Å². The van der Waals surface area contributed by atoms with Crippen LogP contribution in [0.25, 0.3) is 0 Å². The fourth-order valence-corrected chi connectivity index (χ4v) is 4.46. The van der Waals surface area contributed by atoms with E-state index in [2.05, 4.69) is 22.4 Å². The Morgan fingerprint density at radius 2 is 1.90 bits per heavy atom. The Kier molecular flexibility index (Phi) is 6.30. The van der Waals surface area contributed by atoms with Crippen LogP contribution in [-0.2, 0) is 6.42 Å². The number of nitrogens with one attached hydrogen (secondary N) is 1. The zero-order valence-electron chi connectivity index (χ0n) is 16.5. The van der Waals surface area contributed by atoms with Gasteiger partial charge in [0.25, 0.3) is 0 Å². The lowest BCUT2D eigenvalue weighted by Crippen LogP contribution is -2.33. The minimum absolute atomic E-state index is 0.0367. The van der Waals surface area contributed by atoms with Crippen LogP contribution in [-0.4, -0.2) is 24.7 Å². The van der Waals surface area contributed by atoms with Crippen LogP contribution in [0, 0.1) is 17.0 Å². The van der Waals surface area contributed by atoms with Gasteiger partial charge in [-0.2, -0.15) is 0 Å². The lowest BCUT2D eigenvalue weighted by molar-refractivity contribution is 0.187. The predicted octanol–water partition coefficient (Wildman–Crippen LogP) is 5.40. The summed E-state index contributed by atoms with van der Waals surface area (Å²) in [5, 5.41) is 4.02. The number of benzene rings is 2. The molecule has 1 aliphatic heterocycles. The van der Waals surface area contributed by atoms with E-state index in [1.807, 2.05) is 18.2 Å². The topological polar surface area (TPSA) is 34.1 Å². The van der Waals surface area contributed by atoms with Crippen molar-refractivity contribution >= 4 is 11.6 Å². The van der Waals surface area contributed by atoms with Gasteiger partial charge in [-0.25, -0.2) is 13.8 Å². The first-order chi connectivity index (χ1) is 14.6. The number of rotatable bonds is 7. The third-order valence-electron chi connectivity index (χ3n) is 5.86. The maximum absolute atomic E-state index is 14.0. The molecule has 0 spiro atoms. The summed E-state index contributed by atoms with van der Waals surface area (Å²) in [4.78, 5) is 4.19. The Balaban J connectivity index is 1.58. The molecule has 2 heterocycles. The Bertz CT molecular complexity index is 984. The van der Waals surface area contributed by atoms with Crippen LogP contribution in [0.15, 0.2) is 66.9 Å². The molecule has 0 aliphatic carbocycles. The van der Waals surface area contributed by atoms with E-state index in [0.717, 1.165) is 24.9 Å². The summed E-state index contributed by atoms with van der Waals surface area (Å²) in [6.07, 6.45) is 3.10. The van der Waals surface area contributed by atoms with Crippen molar-refractivity contribution in [3.8, 4) is 5.88 Å². The highest BCUT2D eigenvalue weighted by molar-refractivity contribution is 6.30. The smallest absolute Gasteiger partial charge is 0.213 e. The fourth-order valence-electron chi connectivity index (χ4n) is 4.35. The molecule has 0 radical (unpaired) electrons. The molecule has 1 aliphatic rings. The predicted molar refractivity (Wildman–Crippen MR) is 114 cm³/mol. The van der Waals surface area contributed by atoms with Crippen LogP contribution in [0.3, 0.4) is 0 Å². The molecule has 0 saturated carbocycles. The van der Waals surface area contributed by atoms with E-state index in [9.17, 15) is 8.78 Å². The number of hydrogen-bond acceptors (Lipinski definition) is 3. The van der Waals surface area contributed by atoms with Crippen molar-refractivity contribution in [3.63, 3.8) is 0 Å². The van der Waals surface area contributed by atoms with Crippen LogP contribution in [0.5, 0.6) is 5.88 Å². The van der Waals surface area contributed by atoms with Crippen molar-refractivity contribution in [2.75, 3.05) is 19.7 Å². The third kappa shape index (κ3) is 4.63. The molecule has 0 unspecified atom stereocenters. The Morgan fingerprint density at radius 1 is 1.07 bits per heavy atom. The minimum atomic E-state index is -0.824. The highest BCUT2D eigenvalue weighted by Crippen LogP contribution is 2.45. The van der Waals surface area contributed by atoms with E-state index in [4.69, 9.17) is 16.3 Å². The van der Waals surface area contributed by atoms with Gasteiger partial charge < -0.3 is 10.1 Å². The van der Waals surface area contributed by atoms with Crippen molar-refractivity contribution in [3.05, 3.63) is 94.6 Å². The van der Waals surface area contributed by atoms with Gasteiger partial charge in [-0.1, -0.05) is 48.0 Å². The largest absolute Gasteiger partial charge is 0.478 e. The summed E-state index contributed by atoms with van der Waals surface area (Å²) in [5.74, 6) is -1.08. The average molecular weight is 429 g/mol. The van der Waals surface area contributed by atoms with E-state index < -0.39 is 11.6 Å². The van der Waals surface area contributed by atoms with Crippen LogP contribution in [0.2, 0.25) is 5.02 Å². The quantitative estimate of drug-likeness (QED) is 0.547. The second kappa shape index (κ2) is 9.11. The molecule has 2 aromatic carbocycles. The first-order valence-electron chi connectivity index (χ1n) is 10.00. The molecule has 30 heavy (non-hydrogen) atoms. The first kappa shape index (κ1) is 20.8. The summed E-state index contributed by atoms with van der Waals surface area (Å²) in [6, 6.07) is 17.9. The molecule has 3 nitrogen and oxygen atoms in total. The number of pyridine rings is 1. The van der Waals surface area contributed by atoms with Gasteiger partial charge in [-0.15, -0.1) is 0 Å². The van der Waals surface area contributed by atoms with E-state index in [1.165, 1.54) is 17.7 Å². The molecule has 2 atom stereocenters. The summed E-state index contributed by atoms with van der Waals surface area (Å²) in [6.45, 7) is 1.93. The van der Waals surface area contributed by atoms with Gasteiger partial charge in [0.15, 0.2) is 11.6 Å². The van der Waals surface area contributed by atoms with Crippen molar-refractivity contribution in [1.82, 2.24) is 10.3 Å². The van der Waals surface area contributed by atoms with Crippen LogP contribution in [0.1, 0.15) is 23.5 Å². The van der Waals surface area contributed by atoms with Crippen LogP contribution >= 0.6 is 11.6 Å². The monoisotopic (exact) mass is 428 g/mol. The molecule has 1 aromatic heterocycles. The molecule has 156 valence electrons. The Labute approximate surface area is 180 Å².